The average Bonchev–Trinajstić information content (AvgIpc) is 3.25. The Bertz CT molecular complexity index is 494. The highest BCUT2D eigenvalue weighted by Gasteiger charge is 2.49. The van der Waals surface area contributed by atoms with Gasteiger partial charge in [-0.2, -0.15) is 0 Å². The van der Waals surface area contributed by atoms with Crippen LogP contribution in [0.2, 0.25) is 0 Å². The van der Waals surface area contributed by atoms with Crippen LogP contribution in [0.4, 0.5) is 0 Å². The molecule has 0 atom stereocenters. The zero-order valence-corrected chi connectivity index (χ0v) is 11.1. The van der Waals surface area contributed by atoms with Crippen molar-refractivity contribution in [2.24, 2.45) is 0 Å². The monoisotopic (exact) mass is 278 g/mol. The minimum absolute atomic E-state index is 0.232. The molecular weight excluding hydrogens is 260 g/mol. The van der Waals surface area contributed by atoms with Crippen LogP contribution in [0.3, 0.4) is 0 Å². The molecule has 1 aliphatic rings. The maximum Gasteiger partial charge on any atom is 0.323 e. The molecule has 6 heteroatoms. The van der Waals surface area contributed by atoms with E-state index in [9.17, 15) is 9.59 Å². The summed E-state index contributed by atoms with van der Waals surface area (Å²) in [7, 11) is 0. The molecule has 1 fully saturated rings. The molecule has 0 radical (unpaired) electrons. The lowest BCUT2D eigenvalue weighted by atomic mass is 10.1. The fourth-order valence-corrected chi connectivity index (χ4v) is 2.00. The summed E-state index contributed by atoms with van der Waals surface area (Å²) < 4.78 is 0. The summed E-state index contributed by atoms with van der Waals surface area (Å²) in [4.78, 5) is 21.9. The fourth-order valence-electron chi connectivity index (χ4n) is 2.00. The van der Waals surface area contributed by atoms with E-state index in [4.69, 9.17) is 10.3 Å². The molecule has 0 spiro atoms. The largest absolute Gasteiger partial charge is 0.480 e. The Kier molecular flexibility index (Phi) is 4.36. The Balaban J connectivity index is 1.82. The second-order valence-corrected chi connectivity index (χ2v) is 5.09. The van der Waals surface area contributed by atoms with Gasteiger partial charge in [0.05, 0.1) is 0 Å². The molecule has 0 saturated heterocycles. The van der Waals surface area contributed by atoms with Crippen molar-refractivity contribution < 1.29 is 19.9 Å². The highest BCUT2D eigenvalue weighted by atomic mass is 16.5. The maximum atomic E-state index is 11.0. The molecule has 108 valence electrons. The van der Waals surface area contributed by atoms with Crippen LogP contribution in [0, 0.1) is 0 Å². The number of hydroxylamine groups is 1. The van der Waals surface area contributed by atoms with E-state index in [1.165, 1.54) is 0 Å². The Morgan fingerprint density at radius 1 is 1.15 bits per heavy atom. The summed E-state index contributed by atoms with van der Waals surface area (Å²) in [6.07, 6.45) is 2.14. The number of nitrogens with one attached hydrogen (secondary N) is 2. The highest BCUT2D eigenvalue weighted by molar-refractivity contribution is 5.82. The second-order valence-electron chi connectivity index (χ2n) is 5.09. The van der Waals surface area contributed by atoms with Gasteiger partial charge in [0.2, 0.25) is 5.91 Å². The average molecular weight is 278 g/mol. The number of amides is 1. The number of hydrogen-bond acceptors (Lipinski definition) is 4. The first-order chi connectivity index (χ1) is 9.55. The number of carbonyl (C=O) groups is 2. The lowest BCUT2D eigenvalue weighted by Gasteiger charge is -2.12. The van der Waals surface area contributed by atoms with E-state index < -0.39 is 17.4 Å². The predicted molar refractivity (Wildman–Crippen MR) is 71.1 cm³/mol. The molecule has 1 saturated carbocycles. The van der Waals surface area contributed by atoms with Gasteiger partial charge in [-0.05, 0) is 30.4 Å². The van der Waals surface area contributed by atoms with Crippen LogP contribution in [0.25, 0.3) is 0 Å². The second kappa shape index (κ2) is 6.02. The predicted octanol–water partition coefficient (Wildman–Crippen LogP) is 0.831. The molecule has 0 heterocycles. The van der Waals surface area contributed by atoms with Gasteiger partial charge in [-0.15, -0.1) is 0 Å². The highest BCUT2D eigenvalue weighted by Crippen LogP contribution is 2.35. The van der Waals surface area contributed by atoms with Crippen molar-refractivity contribution in [1.29, 1.82) is 0 Å². The molecule has 1 aromatic carbocycles. The van der Waals surface area contributed by atoms with Crippen LogP contribution in [0.5, 0.6) is 0 Å². The van der Waals surface area contributed by atoms with Gasteiger partial charge in [0, 0.05) is 13.0 Å². The Morgan fingerprint density at radius 2 is 1.75 bits per heavy atom. The minimum atomic E-state index is -0.788. The molecule has 1 aliphatic carbocycles. The van der Waals surface area contributed by atoms with E-state index in [0.29, 0.717) is 25.8 Å². The lowest BCUT2D eigenvalue weighted by Crippen LogP contribution is -2.38. The minimum Gasteiger partial charge on any atom is -0.480 e. The van der Waals surface area contributed by atoms with E-state index in [2.05, 4.69) is 5.32 Å². The van der Waals surface area contributed by atoms with E-state index in [1.807, 2.05) is 24.3 Å². The molecule has 20 heavy (non-hydrogen) atoms. The molecular formula is C14H18N2O4. The number of carboxylic acids is 1. The van der Waals surface area contributed by atoms with Crippen LogP contribution in [0.15, 0.2) is 24.3 Å². The van der Waals surface area contributed by atoms with E-state index in [1.54, 1.807) is 5.48 Å². The number of carboxylic acid groups (broad SMARTS) is 1. The number of benzene rings is 1. The fraction of sp³-hybridized carbons (Fsp3) is 0.429. The number of hydrogen-bond donors (Lipinski definition) is 4. The van der Waals surface area contributed by atoms with Crippen LogP contribution in [-0.2, 0) is 22.6 Å². The van der Waals surface area contributed by atoms with Gasteiger partial charge < -0.3 is 5.11 Å². The van der Waals surface area contributed by atoms with Gasteiger partial charge >= 0.3 is 5.97 Å². The smallest absolute Gasteiger partial charge is 0.323 e. The third-order valence-electron chi connectivity index (χ3n) is 3.58. The zero-order valence-electron chi connectivity index (χ0n) is 11.1. The number of rotatable bonds is 7. The Morgan fingerprint density at radius 3 is 2.25 bits per heavy atom. The van der Waals surface area contributed by atoms with Crippen LogP contribution < -0.4 is 10.8 Å². The van der Waals surface area contributed by atoms with Crippen LogP contribution in [0.1, 0.15) is 30.4 Å². The summed E-state index contributed by atoms with van der Waals surface area (Å²) >= 11 is 0. The zero-order chi connectivity index (χ0) is 14.6. The molecule has 0 bridgehead atoms. The third kappa shape index (κ3) is 3.55. The van der Waals surface area contributed by atoms with Crippen LogP contribution >= 0.6 is 0 Å². The van der Waals surface area contributed by atoms with Crippen molar-refractivity contribution in [2.45, 2.75) is 37.8 Å². The van der Waals surface area contributed by atoms with Crippen LogP contribution in [-0.4, -0.2) is 27.7 Å². The van der Waals surface area contributed by atoms with E-state index in [0.717, 1.165) is 11.1 Å². The summed E-state index contributed by atoms with van der Waals surface area (Å²) in [5.74, 6) is -1.20. The third-order valence-corrected chi connectivity index (χ3v) is 3.58. The van der Waals surface area contributed by atoms with Gasteiger partial charge in [-0.25, -0.2) is 5.48 Å². The van der Waals surface area contributed by atoms with Crippen molar-refractivity contribution in [3.8, 4) is 0 Å². The standard InChI is InChI=1S/C14H18N2O4/c17-12(16-20)6-5-10-1-3-11(4-2-10)9-15-14(7-8-14)13(18)19/h1-4,15,20H,5-9H2,(H,16,17)(H,18,19). The number of aliphatic carboxylic acids is 1. The normalized spacial score (nSPS) is 15.7. The molecule has 0 aliphatic heterocycles. The molecule has 4 N–H and O–H groups in total. The Labute approximate surface area is 116 Å². The van der Waals surface area contributed by atoms with Gasteiger partial charge in [-0.3, -0.25) is 20.1 Å². The van der Waals surface area contributed by atoms with Crippen molar-refractivity contribution >= 4 is 11.9 Å². The molecule has 1 aromatic rings. The van der Waals surface area contributed by atoms with Gasteiger partial charge in [0.1, 0.15) is 5.54 Å². The maximum absolute atomic E-state index is 11.0. The lowest BCUT2D eigenvalue weighted by molar-refractivity contribution is -0.140. The summed E-state index contributed by atoms with van der Waals surface area (Å²) in [6.45, 7) is 0.518. The first kappa shape index (κ1) is 14.5. The molecule has 0 unspecified atom stereocenters. The quantitative estimate of drug-likeness (QED) is 0.437. The first-order valence-corrected chi connectivity index (χ1v) is 6.55. The number of aryl methyl sites for hydroxylation is 1. The molecule has 6 nitrogen and oxygen atoms in total. The first-order valence-electron chi connectivity index (χ1n) is 6.55. The summed E-state index contributed by atoms with van der Waals surface area (Å²) in [6, 6.07) is 7.64. The van der Waals surface area contributed by atoms with E-state index >= 15 is 0 Å². The van der Waals surface area contributed by atoms with Gasteiger partial charge in [0.25, 0.3) is 0 Å². The van der Waals surface area contributed by atoms with Gasteiger partial charge in [0.15, 0.2) is 0 Å². The molecule has 2 rings (SSSR count). The SMILES string of the molecule is O=C(CCc1ccc(CNC2(C(=O)O)CC2)cc1)NO. The summed E-state index contributed by atoms with van der Waals surface area (Å²) in [5.41, 5.74) is 2.88. The number of carbonyl (C=O) groups excluding carboxylic acids is 1. The topological polar surface area (TPSA) is 98.7 Å². The molecule has 1 amide bonds. The van der Waals surface area contributed by atoms with Crippen molar-refractivity contribution in [2.75, 3.05) is 0 Å². The van der Waals surface area contributed by atoms with Crippen molar-refractivity contribution in [3.05, 3.63) is 35.4 Å². The van der Waals surface area contributed by atoms with Crippen molar-refractivity contribution in [3.63, 3.8) is 0 Å². The Hall–Kier alpha value is -1.92. The van der Waals surface area contributed by atoms with Gasteiger partial charge in [-0.1, -0.05) is 24.3 Å². The molecule has 0 aromatic heterocycles. The summed E-state index contributed by atoms with van der Waals surface area (Å²) in [5, 5.41) is 20.5. The van der Waals surface area contributed by atoms with E-state index in [-0.39, 0.29) is 6.42 Å². The van der Waals surface area contributed by atoms with Crippen molar-refractivity contribution in [1.82, 2.24) is 10.8 Å².